The van der Waals surface area contributed by atoms with Crippen molar-refractivity contribution >= 4 is 33.8 Å². The Morgan fingerprint density at radius 1 is 0.839 bits per heavy atom. The molecule has 1 saturated heterocycles. The van der Waals surface area contributed by atoms with Gasteiger partial charge in [0.1, 0.15) is 23.9 Å². The predicted molar refractivity (Wildman–Crippen MR) is 133 cm³/mol. The molecule has 1 aromatic heterocycles. The lowest BCUT2D eigenvalue weighted by molar-refractivity contribution is 0.237. The number of ether oxygens (including phenoxy) is 2. The first-order valence-electron chi connectivity index (χ1n) is 11.5. The van der Waals surface area contributed by atoms with Crippen LogP contribution in [0.4, 0.5) is 0 Å². The van der Waals surface area contributed by atoms with E-state index in [9.17, 15) is 0 Å². The summed E-state index contributed by atoms with van der Waals surface area (Å²) in [6.07, 6.45) is 9.26. The van der Waals surface area contributed by atoms with Crippen LogP contribution in [0.1, 0.15) is 55.7 Å². The fourth-order valence-electron chi connectivity index (χ4n) is 4.80. The van der Waals surface area contributed by atoms with Crippen LogP contribution in [0.25, 0.3) is 10.1 Å². The molecule has 3 aromatic rings. The highest BCUT2D eigenvalue weighted by Gasteiger charge is 2.24. The van der Waals surface area contributed by atoms with E-state index in [1.54, 1.807) is 0 Å². The molecule has 0 amide bonds. The highest BCUT2D eigenvalue weighted by atomic mass is 35.5. The van der Waals surface area contributed by atoms with Crippen LogP contribution >= 0.6 is 23.7 Å². The van der Waals surface area contributed by atoms with Gasteiger partial charge in [-0.1, -0.05) is 31.4 Å². The van der Waals surface area contributed by atoms with Crippen LogP contribution in [0.2, 0.25) is 0 Å². The summed E-state index contributed by atoms with van der Waals surface area (Å²) in [5, 5.41) is 1.24. The van der Waals surface area contributed by atoms with E-state index < -0.39 is 0 Å². The summed E-state index contributed by atoms with van der Waals surface area (Å²) < 4.78 is 13.8. The molecular weight excluding hydrogens is 426 g/mol. The molecule has 0 unspecified atom stereocenters. The van der Waals surface area contributed by atoms with Gasteiger partial charge >= 0.3 is 0 Å². The Kier molecular flexibility index (Phi) is 7.76. The van der Waals surface area contributed by atoms with Crippen LogP contribution in [-0.4, -0.2) is 31.1 Å². The van der Waals surface area contributed by atoms with Gasteiger partial charge in [0.05, 0.1) is 4.88 Å². The van der Waals surface area contributed by atoms with Gasteiger partial charge in [-0.05, 0) is 81.1 Å². The third-order valence-corrected chi connectivity index (χ3v) is 7.78. The lowest BCUT2D eigenvalue weighted by atomic mass is 9.88. The highest BCUT2D eigenvalue weighted by Crippen LogP contribution is 2.48. The predicted octanol–water partition coefficient (Wildman–Crippen LogP) is 7.64. The maximum atomic E-state index is 6.50. The topological polar surface area (TPSA) is 21.7 Å². The molecule has 5 heteroatoms. The van der Waals surface area contributed by atoms with Crippen molar-refractivity contribution in [2.24, 2.45) is 0 Å². The third-order valence-electron chi connectivity index (χ3n) is 6.47. The van der Waals surface area contributed by atoms with Crippen LogP contribution in [0.5, 0.6) is 17.2 Å². The second-order valence-corrected chi connectivity index (χ2v) is 9.68. The summed E-state index contributed by atoms with van der Waals surface area (Å²) in [5.41, 5.74) is 0. The summed E-state index contributed by atoms with van der Waals surface area (Å²) in [6.45, 7) is 4.20. The Morgan fingerprint density at radius 2 is 1.55 bits per heavy atom. The molecule has 31 heavy (non-hydrogen) atoms. The standard InChI is InChI=1S/C26H31NO2S.ClH/c1-2-8-20(9-3-1)26-25(23-10-4-5-11-24(23)30-26)29-22-14-12-21(13-15-22)28-19-18-27-16-6-7-17-27;/h4-5,10-15,20H,1-3,6-9,16-19H2;1H. The minimum Gasteiger partial charge on any atom is -0.492 e. The number of thiophene rings is 1. The molecule has 166 valence electrons. The maximum absolute atomic E-state index is 6.50. The van der Waals surface area contributed by atoms with Crippen molar-refractivity contribution in [2.75, 3.05) is 26.2 Å². The summed E-state index contributed by atoms with van der Waals surface area (Å²) >= 11 is 1.92. The molecule has 1 saturated carbocycles. The van der Waals surface area contributed by atoms with E-state index in [2.05, 4.69) is 29.2 Å². The largest absolute Gasteiger partial charge is 0.492 e. The lowest BCUT2D eigenvalue weighted by Gasteiger charge is -2.21. The smallest absolute Gasteiger partial charge is 0.149 e. The zero-order valence-corrected chi connectivity index (χ0v) is 19.7. The van der Waals surface area contributed by atoms with Crippen LogP contribution in [0.15, 0.2) is 48.5 Å². The number of halogens is 1. The van der Waals surface area contributed by atoms with Crippen molar-refractivity contribution < 1.29 is 9.47 Å². The highest BCUT2D eigenvalue weighted by molar-refractivity contribution is 7.19. The fourth-order valence-corrected chi connectivity index (χ4v) is 6.10. The van der Waals surface area contributed by atoms with E-state index in [1.165, 1.54) is 73.0 Å². The first-order valence-corrected chi connectivity index (χ1v) is 12.3. The molecule has 2 heterocycles. The van der Waals surface area contributed by atoms with Crippen LogP contribution in [0.3, 0.4) is 0 Å². The number of fused-ring (bicyclic) bond motifs is 1. The van der Waals surface area contributed by atoms with Gasteiger partial charge in [-0.2, -0.15) is 0 Å². The van der Waals surface area contributed by atoms with E-state index in [1.807, 2.05) is 35.6 Å². The lowest BCUT2D eigenvalue weighted by Crippen LogP contribution is -2.25. The van der Waals surface area contributed by atoms with Crippen molar-refractivity contribution in [3.63, 3.8) is 0 Å². The first-order chi connectivity index (χ1) is 14.9. The van der Waals surface area contributed by atoms with Gasteiger partial charge in [0, 0.05) is 16.6 Å². The van der Waals surface area contributed by atoms with E-state index >= 15 is 0 Å². The van der Waals surface area contributed by atoms with Crippen LogP contribution in [0, 0.1) is 0 Å². The summed E-state index contributed by atoms with van der Waals surface area (Å²) in [5.74, 6) is 3.52. The quantitative estimate of drug-likeness (QED) is 0.363. The average Bonchev–Trinajstić information content (AvgIpc) is 3.44. The third kappa shape index (κ3) is 5.36. The number of likely N-dealkylation sites (tertiary alicyclic amines) is 1. The molecule has 2 fully saturated rings. The molecule has 0 spiro atoms. The fraction of sp³-hybridized carbons (Fsp3) is 0.462. The SMILES string of the molecule is Cl.c1ccc2c(Oc3ccc(OCCN4CCCC4)cc3)c(C3CCCCC3)sc2c1. The van der Waals surface area contributed by atoms with Crippen LogP contribution < -0.4 is 9.47 Å². The van der Waals surface area contributed by atoms with E-state index in [-0.39, 0.29) is 12.4 Å². The average molecular weight is 458 g/mol. The van der Waals surface area contributed by atoms with Crippen LogP contribution in [-0.2, 0) is 0 Å². The number of hydrogen-bond donors (Lipinski definition) is 0. The Hall–Kier alpha value is -1.75. The number of nitrogens with zero attached hydrogens (tertiary/aromatic N) is 1. The van der Waals surface area contributed by atoms with Gasteiger partial charge in [0.25, 0.3) is 0 Å². The summed E-state index contributed by atoms with van der Waals surface area (Å²) in [6, 6.07) is 16.8. The number of hydrogen-bond acceptors (Lipinski definition) is 4. The van der Waals surface area contributed by atoms with E-state index in [0.29, 0.717) is 5.92 Å². The Bertz CT molecular complexity index is 959. The molecule has 2 aromatic carbocycles. The van der Waals surface area contributed by atoms with Crippen molar-refractivity contribution in [1.29, 1.82) is 0 Å². The van der Waals surface area contributed by atoms with E-state index in [0.717, 1.165) is 30.4 Å². The zero-order valence-electron chi connectivity index (χ0n) is 18.1. The molecule has 3 nitrogen and oxygen atoms in total. The molecule has 1 aliphatic carbocycles. The van der Waals surface area contributed by atoms with Crippen molar-refractivity contribution in [2.45, 2.75) is 50.9 Å². The Balaban J connectivity index is 0.00000231. The summed E-state index contributed by atoms with van der Waals surface area (Å²) in [7, 11) is 0. The molecule has 5 rings (SSSR count). The van der Waals surface area contributed by atoms with Crippen molar-refractivity contribution in [1.82, 2.24) is 4.90 Å². The second-order valence-electron chi connectivity index (χ2n) is 8.60. The molecular formula is C26H32ClNO2S. The Morgan fingerprint density at radius 3 is 2.32 bits per heavy atom. The second kappa shape index (κ2) is 10.7. The zero-order chi connectivity index (χ0) is 20.2. The van der Waals surface area contributed by atoms with Gasteiger partial charge in [-0.25, -0.2) is 0 Å². The maximum Gasteiger partial charge on any atom is 0.149 e. The normalized spacial score (nSPS) is 17.5. The van der Waals surface area contributed by atoms with E-state index in [4.69, 9.17) is 9.47 Å². The summed E-state index contributed by atoms with van der Waals surface area (Å²) in [4.78, 5) is 3.91. The monoisotopic (exact) mass is 457 g/mol. The molecule has 0 radical (unpaired) electrons. The first kappa shape index (κ1) is 22.4. The van der Waals surface area contributed by atoms with Crippen molar-refractivity contribution in [3.8, 4) is 17.2 Å². The molecule has 0 bridgehead atoms. The van der Waals surface area contributed by atoms with Gasteiger partial charge in [-0.15, -0.1) is 23.7 Å². The molecule has 2 aliphatic rings. The number of benzene rings is 2. The minimum absolute atomic E-state index is 0. The molecule has 0 atom stereocenters. The van der Waals surface area contributed by atoms with Gasteiger partial charge in [0.15, 0.2) is 0 Å². The van der Waals surface area contributed by atoms with Crippen molar-refractivity contribution in [3.05, 3.63) is 53.4 Å². The van der Waals surface area contributed by atoms with Gasteiger partial charge < -0.3 is 9.47 Å². The van der Waals surface area contributed by atoms with Gasteiger partial charge in [-0.3, -0.25) is 4.90 Å². The minimum atomic E-state index is 0. The molecule has 1 aliphatic heterocycles. The molecule has 0 N–H and O–H groups in total. The van der Waals surface area contributed by atoms with Gasteiger partial charge in [0.2, 0.25) is 0 Å². The number of rotatable bonds is 7. The Labute approximate surface area is 195 Å².